The molecule has 1 fully saturated rings. The van der Waals surface area contributed by atoms with Gasteiger partial charge in [0.25, 0.3) is 0 Å². The SMILES string of the molecule is COc1cc2c(cc1OC[C@H](C)O)CCN1CC(OC(C)(C)C)C(O)CC21. The van der Waals surface area contributed by atoms with Crippen molar-refractivity contribution in [1.82, 2.24) is 4.90 Å². The smallest absolute Gasteiger partial charge is 0.161 e. The first-order valence-corrected chi connectivity index (χ1v) is 9.79. The molecule has 0 aliphatic carbocycles. The molecule has 2 N–H and O–H groups in total. The second-order valence-electron chi connectivity index (χ2n) is 8.69. The first-order chi connectivity index (χ1) is 12.7. The van der Waals surface area contributed by atoms with Gasteiger partial charge in [0.05, 0.1) is 31.0 Å². The average molecular weight is 379 g/mol. The van der Waals surface area contributed by atoms with Crippen molar-refractivity contribution in [3.63, 3.8) is 0 Å². The van der Waals surface area contributed by atoms with Gasteiger partial charge < -0.3 is 24.4 Å². The molecular weight excluding hydrogens is 346 g/mol. The molecule has 0 spiro atoms. The highest BCUT2D eigenvalue weighted by Crippen LogP contribution is 2.42. The number of aliphatic hydroxyl groups excluding tert-OH is 2. The third-order valence-corrected chi connectivity index (χ3v) is 5.19. The maximum atomic E-state index is 10.7. The Morgan fingerprint density at radius 3 is 2.63 bits per heavy atom. The summed E-state index contributed by atoms with van der Waals surface area (Å²) in [6, 6.07) is 4.21. The van der Waals surface area contributed by atoms with E-state index in [-0.39, 0.29) is 24.4 Å². The van der Waals surface area contributed by atoms with Crippen molar-refractivity contribution >= 4 is 0 Å². The molecule has 3 rings (SSSR count). The van der Waals surface area contributed by atoms with Crippen molar-refractivity contribution in [2.75, 3.05) is 26.8 Å². The molecule has 152 valence electrons. The number of aliphatic hydroxyl groups is 2. The number of nitrogens with zero attached hydrogens (tertiary/aromatic N) is 1. The van der Waals surface area contributed by atoms with Crippen LogP contribution >= 0.6 is 0 Å². The molecule has 4 atom stereocenters. The lowest BCUT2D eigenvalue weighted by Gasteiger charge is -2.46. The predicted octanol–water partition coefficient (Wildman–Crippen LogP) is 2.30. The topological polar surface area (TPSA) is 71.4 Å². The van der Waals surface area contributed by atoms with Crippen LogP contribution < -0.4 is 9.47 Å². The fourth-order valence-electron chi connectivity index (χ4n) is 4.04. The van der Waals surface area contributed by atoms with Crippen LogP contribution in [0.1, 0.15) is 51.3 Å². The van der Waals surface area contributed by atoms with Crippen LogP contribution in [0.4, 0.5) is 0 Å². The van der Waals surface area contributed by atoms with Crippen molar-refractivity contribution in [2.24, 2.45) is 0 Å². The summed E-state index contributed by atoms with van der Waals surface area (Å²) in [7, 11) is 1.63. The first-order valence-electron chi connectivity index (χ1n) is 9.79. The van der Waals surface area contributed by atoms with Gasteiger partial charge in [0.15, 0.2) is 11.5 Å². The highest BCUT2D eigenvalue weighted by Gasteiger charge is 2.40. The zero-order valence-electron chi connectivity index (χ0n) is 17.1. The van der Waals surface area contributed by atoms with Crippen LogP contribution in [0, 0.1) is 0 Å². The third kappa shape index (κ3) is 4.74. The molecular formula is C21H33NO5. The van der Waals surface area contributed by atoms with Gasteiger partial charge in [-0.15, -0.1) is 0 Å². The summed E-state index contributed by atoms with van der Waals surface area (Å²) in [6.45, 7) is 9.66. The standard InChI is InChI=1S/C21H33NO5/c1-13(23)12-26-19-8-14-6-7-22-11-20(27-21(2,3)4)17(24)10-16(22)15(14)9-18(19)25-5/h8-9,13,16-17,20,23-24H,6-7,10-12H2,1-5H3/t13-,16?,17?,20?/m0/s1. The van der Waals surface area contributed by atoms with Crippen molar-refractivity contribution in [3.05, 3.63) is 23.3 Å². The lowest BCUT2D eigenvalue weighted by atomic mass is 9.84. The van der Waals surface area contributed by atoms with Gasteiger partial charge in [-0.05, 0) is 63.8 Å². The van der Waals surface area contributed by atoms with Crippen molar-refractivity contribution in [2.45, 2.75) is 70.5 Å². The van der Waals surface area contributed by atoms with Gasteiger partial charge in [-0.25, -0.2) is 0 Å². The molecule has 2 aliphatic rings. The number of fused-ring (bicyclic) bond motifs is 3. The number of hydrogen-bond donors (Lipinski definition) is 2. The van der Waals surface area contributed by atoms with E-state index in [9.17, 15) is 10.2 Å². The highest BCUT2D eigenvalue weighted by molar-refractivity contribution is 5.49. The molecule has 0 bridgehead atoms. The molecule has 1 saturated heterocycles. The Hall–Kier alpha value is -1.34. The molecule has 27 heavy (non-hydrogen) atoms. The highest BCUT2D eigenvalue weighted by atomic mass is 16.5. The maximum Gasteiger partial charge on any atom is 0.161 e. The summed E-state index contributed by atoms with van der Waals surface area (Å²) < 4.78 is 17.3. The third-order valence-electron chi connectivity index (χ3n) is 5.19. The monoisotopic (exact) mass is 379 g/mol. The van der Waals surface area contributed by atoms with E-state index in [1.165, 1.54) is 11.1 Å². The fraction of sp³-hybridized carbons (Fsp3) is 0.714. The van der Waals surface area contributed by atoms with E-state index in [4.69, 9.17) is 14.2 Å². The van der Waals surface area contributed by atoms with E-state index < -0.39 is 12.2 Å². The zero-order valence-corrected chi connectivity index (χ0v) is 17.1. The van der Waals surface area contributed by atoms with Gasteiger partial charge >= 0.3 is 0 Å². The summed E-state index contributed by atoms with van der Waals surface area (Å²) in [4.78, 5) is 2.40. The van der Waals surface area contributed by atoms with Crippen molar-refractivity contribution in [1.29, 1.82) is 0 Å². The number of piperidine rings is 1. The summed E-state index contributed by atoms with van der Waals surface area (Å²) in [5.74, 6) is 1.33. The Kier molecular flexibility index (Phi) is 6.01. The van der Waals surface area contributed by atoms with E-state index in [1.54, 1.807) is 14.0 Å². The van der Waals surface area contributed by atoms with Crippen LogP contribution in [0.15, 0.2) is 12.1 Å². The first kappa shape index (κ1) is 20.4. The van der Waals surface area contributed by atoms with E-state index >= 15 is 0 Å². The molecule has 0 radical (unpaired) electrons. The lowest BCUT2D eigenvalue weighted by molar-refractivity contribution is -0.149. The molecule has 0 amide bonds. The maximum absolute atomic E-state index is 10.7. The van der Waals surface area contributed by atoms with E-state index in [0.717, 1.165) is 19.5 Å². The summed E-state index contributed by atoms with van der Waals surface area (Å²) >= 11 is 0. The molecule has 1 aromatic carbocycles. The molecule has 0 aromatic heterocycles. The zero-order chi connectivity index (χ0) is 19.8. The van der Waals surface area contributed by atoms with Crippen LogP contribution in [0.3, 0.4) is 0 Å². The van der Waals surface area contributed by atoms with Crippen LogP contribution in [-0.2, 0) is 11.2 Å². The molecule has 1 aromatic rings. The normalized spacial score (nSPS) is 26.9. The Balaban J connectivity index is 1.82. The Labute approximate surface area is 162 Å². The average Bonchev–Trinajstić information content (AvgIpc) is 2.58. The number of hydrogen-bond acceptors (Lipinski definition) is 6. The number of methoxy groups -OCH3 is 1. The van der Waals surface area contributed by atoms with Gasteiger partial charge in [0, 0.05) is 19.1 Å². The molecule has 6 heteroatoms. The number of rotatable bonds is 5. The van der Waals surface area contributed by atoms with Crippen LogP contribution in [0.5, 0.6) is 11.5 Å². The van der Waals surface area contributed by atoms with E-state index in [2.05, 4.69) is 4.90 Å². The predicted molar refractivity (Wildman–Crippen MR) is 103 cm³/mol. The van der Waals surface area contributed by atoms with Crippen LogP contribution in [0.25, 0.3) is 0 Å². The Morgan fingerprint density at radius 1 is 1.26 bits per heavy atom. The summed E-state index contributed by atoms with van der Waals surface area (Å²) in [5, 5.41) is 20.2. The largest absolute Gasteiger partial charge is 0.493 e. The van der Waals surface area contributed by atoms with Gasteiger partial charge in [-0.1, -0.05) is 0 Å². The minimum absolute atomic E-state index is 0.156. The van der Waals surface area contributed by atoms with Crippen LogP contribution in [-0.4, -0.2) is 65.8 Å². The molecule has 2 heterocycles. The lowest BCUT2D eigenvalue weighted by Crippen LogP contribution is -2.53. The molecule has 2 aliphatic heterocycles. The van der Waals surface area contributed by atoms with Crippen LogP contribution in [0.2, 0.25) is 0 Å². The molecule has 0 saturated carbocycles. The minimum atomic E-state index is -0.533. The summed E-state index contributed by atoms with van der Waals surface area (Å²) in [6.07, 6.45) is 0.366. The quantitative estimate of drug-likeness (QED) is 0.818. The summed E-state index contributed by atoms with van der Waals surface area (Å²) in [5.41, 5.74) is 2.14. The Morgan fingerprint density at radius 2 is 2.00 bits per heavy atom. The van der Waals surface area contributed by atoms with Gasteiger partial charge in [-0.2, -0.15) is 0 Å². The van der Waals surface area contributed by atoms with Gasteiger partial charge in [0.1, 0.15) is 6.61 Å². The fourth-order valence-corrected chi connectivity index (χ4v) is 4.04. The van der Waals surface area contributed by atoms with Crippen molar-refractivity contribution in [3.8, 4) is 11.5 Å². The van der Waals surface area contributed by atoms with Gasteiger partial charge in [0.2, 0.25) is 0 Å². The van der Waals surface area contributed by atoms with Crippen molar-refractivity contribution < 1.29 is 24.4 Å². The number of benzene rings is 1. The van der Waals surface area contributed by atoms with E-state index in [0.29, 0.717) is 17.9 Å². The minimum Gasteiger partial charge on any atom is -0.493 e. The molecule has 3 unspecified atom stereocenters. The Bertz CT molecular complexity index is 655. The second-order valence-corrected chi connectivity index (χ2v) is 8.69. The second kappa shape index (κ2) is 7.95. The molecule has 6 nitrogen and oxygen atoms in total. The number of ether oxygens (including phenoxy) is 3. The van der Waals surface area contributed by atoms with Gasteiger partial charge in [-0.3, -0.25) is 4.90 Å². The van der Waals surface area contributed by atoms with E-state index in [1.807, 2.05) is 32.9 Å².